The summed E-state index contributed by atoms with van der Waals surface area (Å²) in [6.45, 7) is 1.72. The Labute approximate surface area is 145 Å². The van der Waals surface area contributed by atoms with Crippen LogP contribution in [0.1, 0.15) is 23.7 Å². The van der Waals surface area contributed by atoms with Crippen molar-refractivity contribution in [3.63, 3.8) is 0 Å². The highest BCUT2D eigenvalue weighted by molar-refractivity contribution is 7.91. The maximum absolute atomic E-state index is 12.9. The molecule has 2 rings (SSSR count). The molecule has 1 atom stereocenters. The molecule has 0 N–H and O–H groups in total. The van der Waals surface area contributed by atoms with E-state index in [1.54, 1.807) is 6.92 Å². The van der Waals surface area contributed by atoms with Gasteiger partial charge in [-0.1, -0.05) is 0 Å². The minimum absolute atomic E-state index is 0.00612. The largest absolute Gasteiger partial charge is 0.493 e. The van der Waals surface area contributed by atoms with E-state index in [0.29, 0.717) is 0 Å². The van der Waals surface area contributed by atoms with E-state index in [9.17, 15) is 23.3 Å². The van der Waals surface area contributed by atoms with Crippen LogP contribution in [0.4, 0.5) is 5.69 Å². The summed E-state index contributed by atoms with van der Waals surface area (Å²) in [4.78, 5) is 25.0. The molecule has 138 valence electrons. The molecule has 0 unspecified atom stereocenters. The SMILES string of the molecule is COc1cc(C(=O)N2CCS(=O)(=O)CC[C@H]2C)c([N+](=O)[O-])cc1OC. The highest BCUT2D eigenvalue weighted by Crippen LogP contribution is 2.35. The van der Waals surface area contributed by atoms with Crippen LogP contribution in [0.3, 0.4) is 0 Å². The zero-order valence-corrected chi connectivity index (χ0v) is 15.0. The highest BCUT2D eigenvalue weighted by atomic mass is 32.2. The van der Waals surface area contributed by atoms with Crippen LogP contribution in [0.15, 0.2) is 12.1 Å². The van der Waals surface area contributed by atoms with Crippen molar-refractivity contribution in [3.05, 3.63) is 27.8 Å². The van der Waals surface area contributed by atoms with Crippen molar-refractivity contribution < 1.29 is 27.6 Å². The van der Waals surface area contributed by atoms with Gasteiger partial charge in [-0.2, -0.15) is 0 Å². The molecule has 1 saturated heterocycles. The maximum Gasteiger partial charge on any atom is 0.286 e. The van der Waals surface area contributed by atoms with Crippen LogP contribution in [-0.2, 0) is 9.84 Å². The van der Waals surface area contributed by atoms with E-state index in [4.69, 9.17) is 9.47 Å². The predicted octanol–water partition coefficient (Wildman–Crippen LogP) is 1.26. The van der Waals surface area contributed by atoms with E-state index in [1.165, 1.54) is 25.2 Å². The second-order valence-corrected chi connectivity index (χ2v) is 8.07. The summed E-state index contributed by atoms with van der Waals surface area (Å²) in [6.07, 6.45) is 0.287. The third kappa shape index (κ3) is 4.01. The van der Waals surface area contributed by atoms with E-state index in [1.807, 2.05) is 0 Å². The lowest BCUT2D eigenvalue weighted by Gasteiger charge is -2.26. The lowest BCUT2D eigenvalue weighted by Crippen LogP contribution is -2.39. The number of rotatable bonds is 4. The van der Waals surface area contributed by atoms with Gasteiger partial charge in [0.1, 0.15) is 5.56 Å². The number of nitro benzene ring substituents is 1. The van der Waals surface area contributed by atoms with Gasteiger partial charge in [0.25, 0.3) is 11.6 Å². The second-order valence-electron chi connectivity index (χ2n) is 5.77. The molecule has 0 aliphatic carbocycles. The Balaban J connectivity index is 2.48. The predicted molar refractivity (Wildman–Crippen MR) is 90.0 cm³/mol. The molecule has 0 aromatic heterocycles. The number of hydrogen-bond donors (Lipinski definition) is 0. The van der Waals surface area contributed by atoms with Crippen molar-refractivity contribution in [1.29, 1.82) is 0 Å². The Morgan fingerprint density at radius 3 is 2.40 bits per heavy atom. The Bertz CT molecular complexity index is 791. The summed E-state index contributed by atoms with van der Waals surface area (Å²) >= 11 is 0. The minimum atomic E-state index is -3.22. The fourth-order valence-electron chi connectivity index (χ4n) is 2.71. The number of nitrogens with zero attached hydrogens (tertiary/aromatic N) is 2. The average Bonchev–Trinajstić information content (AvgIpc) is 2.71. The number of nitro groups is 1. The minimum Gasteiger partial charge on any atom is -0.493 e. The van der Waals surface area contributed by atoms with Gasteiger partial charge in [-0.15, -0.1) is 0 Å². The lowest BCUT2D eigenvalue weighted by molar-refractivity contribution is -0.385. The molecule has 1 amide bonds. The standard InChI is InChI=1S/C15H20N2O7S/c1-10-4-6-25(21,22)7-5-16(10)15(18)11-8-13(23-2)14(24-3)9-12(11)17(19)20/h8-10H,4-7H2,1-3H3/t10-/m1/s1. The molecule has 0 saturated carbocycles. The summed E-state index contributed by atoms with van der Waals surface area (Å²) in [6, 6.07) is 2.04. The summed E-state index contributed by atoms with van der Waals surface area (Å²) in [5.41, 5.74) is -0.573. The molecule has 1 aromatic carbocycles. The van der Waals surface area contributed by atoms with E-state index in [2.05, 4.69) is 0 Å². The van der Waals surface area contributed by atoms with Crippen LogP contribution >= 0.6 is 0 Å². The van der Waals surface area contributed by atoms with Gasteiger partial charge in [-0.05, 0) is 13.3 Å². The van der Waals surface area contributed by atoms with E-state index in [0.717, 1.165) is 6.07 Å². The van der Waals surface area contributed by atoms with Gasteiger partial charge in [0.15, 0.2) is 21.3 Å². The van der Waals surface area contributed by atoms with Crippen LogP contribution in [-0.4, -0.2) is 62.5 Å². The zero-order chi connectivity index (χ0) is 18.8. The van der Waals surface area contributed by atoms with E-state index in [-0.39, 0.29) is 47.6 Å². The molecular formula is C15H20N2O7S. The van der Waals surface area contributed by atoms with Gasteiger partial charge < -0.3 is 14.4 Å². The Morgan fingerprint density at radius 1 is 1.24 bits per heavy atom. The molecule has 0 spiro atoms. The van der Waals surface area contributed by atoms with Gasteiger partial charge in [0, 0.05) is 18.7 Å². The van der Waals surface area contributed by atoms with Crippen LogP contribution in [0.2, 0.25) is 0 Å². The zero-order valence-electron chi connectivity index (χ0n) is 14.2. The first-order chi connectivity index (χ1) is 11.7. The summed E-state index contributed by atoms with van der Waals surface area (Å²) in [5, 5.41) is 11.4. The lowest BCUT2D eigenvalue weighted by atomic mass is 10.1. The first-order valence-electron chi connectivity index (χ1n) is 7.62. The molecule has 1 aliphatic heterocycles. The van der Waals surface area contributed by atoms with E-state index < -0.39 is 26.4 Å². The molecule has 1 aliphatic rings. The van der Waals surface area contributed by atoms with E-state index >= 15 is 0 Å². The molecule has 1 fully saturated rings. The fourth-order valence-corrected chi connectivity index (χ4v) is 4.09. The first kappa shape index (κ1) is 19.0. The number of benzene rings is 1. The van der Waals surface area contributed by atoms with Gasteiger partial charge >= 0.3 is 0 Å². The topological polar surface area (TPSA) is 116 Å². The van der Waals surface area contributed by atoms with Crippen LogP contribution in [0.25, 0.3) is 0 Å². The molecule has 10 heteroatoms. The van der Waals surface area contributed by atoms with Gasteiger partial charge in [-0.25, -0.2) is 8.42 Å². The van der Waals surface area contributed by atoms with Crippen molar-refractivity contribution in [2.45, 2.75) is 19.4 Å². The number of sulfone groups is 1. The molecule has 0 bridgehead atoms. The second kappa shape index (κ2) is 7.26. The smallest absolute Gasteiger partial charge is 0.286 e. The quantitative estimate of drug-likeness (QED) is 0.577. The summed E-state index contributed by atoms with van der Waals surface area (Å²) in [7, 11) is -0.525. The fraction of sp³-hybridized carbons (Fsp3) is 0.533. The third-order valence-corrected chi connectivity index (χ3v) is 5.87. The summed E-state index contributed by atoms with van der Waals surface area (Å²) in [5.74, 6) is -0.447. The first-order valence-corrected chi connectivity index (χ1v) is 9.44. The molecule has 1 heterocycles. The molecule has 0 radical (unpaired) electrons. The number of carbonyl (C=O) groups is 1. The highest BCUT2D eigenvalue weighted by Gasteiger charge is 2.33. The monoisotopic (exact) mass is 372 g/mol. The Morgan fingerprint density at radius 2 is 1.84 bits per heavy atom. The van der Waals surface area contributed by atoms with Gasteiger partial charge in [0.05, 0.1) is 36.7 Å². The van der Waals surface area contributed by atoms with Crippen LogP contribution in [0.5, 0.6) is 11.5 Å². The maximum atomic E-state index is 12.9. The Kier molecular flexibility index (Phi) is 5.51. The number of methoxy groups -OCH3 is 2. The van der Waals surface area contributed by atoms with Gasteiger partial charge in [0.2, 0.25) is 0 Å². The summed E-state index contributed by atoms with van der Waals surface area (Å²) < 4.78 is 33.8. The van der Waals surface area contributed by atoms with Crippen molar-refractivity contribution in [2.75, 3.05) is 32.3 Å². The third-order valence-electron chi connectivity index (χ3n) is 4.21. The van der Waals surface area contributed by atoms with Crippen molar-refractivity contribution >= 4 is 21.4 Å². The number of hydrogen-bond acceptors (Lipinski definition) is 7. The molecule has 1 aromatic rings. The van der Waals surface area contributed by atoms with Crippen LogP contribution < -0.4 is 9.47 Å². The van der Waals surface area contributed by atoms with Gasteiger partial charge in [-0.3, -0.25) is 14.9 Å². The average molecular weight is 372 g/mol. The number of carbonyl (C=O) groups excluding carboxylic acids is 1. The number of ether oxygens (including phenoxy) is 2. The number of amides is 1. The van der Waals surface area contributed by atoms with Crippen molar-refractivity contribution in [2.24, 2.45) is 0 Å². The van der Waals surface area contributed by atoms with Crippen LogP contribution in [0, 0.1) is 10.1 Å². The van der Waals surface area contributed by atoms with Crippen molar-refractivity contribution in [1.82, 2.24) is 4.90 Å². The molecule has 9 nitrogen and oxygen atoms in total. The molecular weight excluding hydrogens is 352 g/mol. The molecule has 25 heavy (non-hydrogen) atoms. The van der Waals surface area contributed by atoms with Crippen molar-refractivity contribution in [3.8, 4) is 11.5 Å². The normalized spacial score (nSPS) is 19.8. The Hall–Kier alpha value is -2.36.